The van der Waals surface area contributed by atoms with Crippen LogP contribution in [0.3, 0.4) is 0 Å². The molecule has 150 valence electrons. The van der Waals surface area contributed by atoms with Gasteiger partial charge in [-0.05, 0) is 28.8 Å². The van der Waals surface area contributed by atoms with Crippen LogP contribution in [-0.4, -0.2) is 50.1 Å². The second kappa shape index (κ2) is 9.25. The molecule has 1 aliphatic rings. The third-order valence-electron chi connectivity index (χ3n) is 5.86. The molecule has 1 saturated heterocycles. The normalized spacial score (nSPS) is 15.6. The number of piperazine rings is 1. The summed E-state index contributed by atoms with van der Waals surface area (Å²) in [4.78, 5) is 7.36. The molecule has 0 unspecified atom stereocenters. The van der Waals surface area contributed by atoms with E-state index in [0.29, 0.717) is 6.04 Å². The first-order valence-electron chi connectivity index (χ1n) is 10.5. The molecule has 1 heterocycles. The molecule has 3 nitrogen and oxygen atoms in total. The maximum absolute atomic E-state index is 2.64. The molecule has 0 amide bonds. The zero-order valence-corrected chi connectivity index (χ0v) is 17.5. The van der Waals surface area contributed by atoms with E-state index in [1.807, 2.05) is 0 Å². The lowest BCUT2D eigenvalue weighted by Gasteiger charge is -2.40. The summed E-state index contributed by atoms with van der Waals surface area (Å²) in [5.74, 6) is 0. The van der Waals surface area contributed by atoms with Crippen LogP contribution in [0.15, 0.2) is 84.9 Å². The van der Waals surface area contributed by atoms with E-state index in [9.17, 15) is 0 Å². The fraction of sp³-hybridized carbons (Fsp3) is 0.308. The van der Waals surface area contributed by atoms with Crippen LogP contribution in [0.25, 0.3) is 0 Å². The van der Waals surface area contributed by atoms with Crippen molar-refractivity contribution in [1.82, 2.24) is 9.80 Å². The first kappa shape index (κ1) is 19.7. The molecule has 0 aromatic heterocycles. The van der Waals surface area contributed by atoms with E-state index in [1.165, 1.54) is 22.4 Å². The molecule has 4 rings (SSSR count). The lowest BCUT2D eigenvalue weighted by Crippen LogP contribution is -2.47. The van der Waals surface area contributed by atoms with Crippen molar-refractivity contribution < 1.29 is 0 Å². The van der Waals surface area contributed by atoms with Gasteiger partial charge in [0.25, 0.3) is 0 Å². The Hall–Kier alpha value is -2.62. The van der Waals surface area contributed by atoms with E-state index in [1.54, 1.807) is 0 Å². The van der Waals surface area contributed by atoms with Crippen molar-refractivity contribution in [2.75, 3.05) is 45.2 Å². The second-order valence-electron chi connectivity index (χ2n) is 8.10. The fourth-order valence-electron chi connectivity index (χ4n) is 4.22. The minimum absolute atomic E-state index is 0.332. The molecule has 29 heavy (non-hydrogen) atoms. The van der Waals surface area contributed by atoms with Gasteiger partial charge in [0, 0.05) is 52.5 Å². The van der Waals surface area contributed by atoms with Gasteiger partial charge in [0.2, 0.25) is 0 Å². The Morgan fingerprint density at radius 3 is 1.69 bits per heavy atom. The van der Waals surface area contributed by atoms with Gasteiger partial charge >= 0.3 is 0 Å². The summed E-state index contributed by atoms with van der Waals surface area (Å²) in [6, 6.07) is 31.1. The van der Waals surface area contributed by atoms with Crippen molar-refractivity contribution in [2.45, 2.75) is 12.6 Å². The Morgan fingerprint density at radius 1 is 0.690 bits per heavy atom. The molecule has 0 N–H and O–H groups in total. The molecular weight excluding hydrogens is 354 g/mol. The predicted molar refractivity (Wildman–Crippen MR) is 122 cm³/mol. The molecule has 0 spiro atoms. The zero-order chi connectivity index (χ0) is 20.1. The van der Waals surface area contributed by atoms with E-state index >= 15 is 0 Å². The highest BCUT2D eigenvalue weighted by molar-refractivity contribution is 5.46. The highest BCUT2D eigenvalue weighted by Crippen LogP contribution is 2.29. The van der Waals surface area contributed by atoms with Gasteiger partial charge in [0.1, 0.15) is 0 Å². The van der Waals surface area contributed by atoms with Crippen LogP contribution in [-0.2, 0) is 6.54 Å². The largest absolute Gasteiger partial charge is 0.378 e. The molecule has 0 saturated carbocycles. The standard InChI is InChI=1S/C26H31N3/c1-27(2)25-15-13-22(14-16-25)21-28-17-19-29(20-18-28)26(23-9-5-3-6-10-23)24-11-7-4-8-12-24/h3-16,26H,17-21H2,1-2H3. The SMILES string of the molecule is CN(C)c1ccc(CN2CCN(C(c3ccccc3)c3ccccc3)CC2)cc1. The lowest BCUT2D eigenvalue weighted by molar-refractivity contribution is 0.105. The molecule has 3 aromatic rings. The fourth-order valence-corrected chi connectivity index (χ4v) is 4.22. The Bertz CT molecular complexity index is 827. The van der Waals surface area contributed by atoms with Crippen molar-refractivity contribution in [1.29, 1.82) is 0 Å². The number of rotatable bonds is 6. The molecule has 3 aromatic carbocycles. The van der Waals surface area contributed by atoms with E-state index < -0.39 is 0 Å². The van der Waals surface area contributed by atoms with Crippen LogP contribution in [0.4, 0.5) is 5.69 Å². The van der Waals surface area contributed by atoms with E-state index in [4.69, 9.17) is 0 Å². The van der Waals surface area contributed by atoms with Crippen LogP contribution in [0.5, 0.6) is 0 Å². The van der Waals surface area contributed by atoms with E-state index in [0.717, 1.165) is 32.7 Å². The van der Waals surface area contributed by atoms with E-state index in [2.05, 4.69) is 114 Å². The highest BCUT2D eigenvalue weighted by atomic mass is 15.3. The summed E-state index contributed by atoms with van der Waals surface area (Å²) in [5, 5.41) is 0. The Morgan fingerprint density at radius 2 is 1.21 bits per heavy atom. The second-order valence-corrected chi connectivity index (χ2v) is 8.10. The third-order valence-corrected chi connectivity index (χ3v) is 5.86. The van der Waals surface area contributed by atoms with Crippen LogP contribution < -0.4 is 4.90 Å². The molecule has 0 radical (unpaired) electrons. The van der Waals surface area contributed by atoms with Gasteiger partial charge in [-0.15, -0.1) is 0 Å². The van der Waals surface area contributed by atoms with Crippen molar-refractivity contribution in [3.63, 3.8) is 0 Å². The minimum Gasteiger partial charge on any atom is -0.378 e. The highest BCUT2D eigenvalue weighted by Gasteiger charge is 2.26. The van der Waals surface area contributed by atoms with Crippen LogP contribution in [0, 0.1) is 0 Å². The molecule has 0 bridgehead atoms. The number of benzene rings is 3. The number of hydrogen-bond acceptors (Lipinski definition) is 3. The monoisotopic (exact) mass is 385 g/mol. The Kier molecular flexibility index (Phi) is 6.28. The smallest absolute Gasteiger partial charge is 0.0602 e. The maximum Gasteiger partial charge on any atom is 0.0602 e. The van der Waals surface area contributed by atoms with Gasteiger partial charge in [-0.1, -0.05) is 72.8 Å². The molecule has 3 heteroatoms. The lowest BCUT2D eigenvalue weighted by atomic mass is 9.96. The number of nitrogens with zero attached hydrogens (tertiary/aromatic N) is 3. The summed E-state index contributed by atoms with van der Waals surface area (Å²) in [6.07, 6.45) is 0. The van der Waals surface area contributed by atoms with Gasteiger partial charge in [-0.3, -0.25) is 9.80 Å². The topological polar surface area (TPSA) is 9.72 Å². The minimum atomic E-state index is 0.332. The first-order valence-corrected chi connectivity index (χ1v) is 10.5. The average molecular weight is 386 g/mol. The van der Waals surface area contributed by atoms with Gasteiger partial charge in [-0.2, -0.15) is 0 Å². The quantitative estimate of drug-likeness (QED) is 0.611. The van der Waals surface area contributed by atoms with Gasteiger partial charge in [-0.25, -0.2) is 0 Å². The first-order chi connectivity index (χ1) is 14.2. The van der Waals surface area contributed by atoms with Crippen molar-refractivity contribution in [3.8, 4) is 0 Å². The molecule has 0 atom stereocenters. The van der Waals surface area contributed by atoms with E-state index in [-0.39, 0.29) is 0 Å². The average Bonchev–Trinajstić information content (AvgIpc) is 2.77. The summed E-state index contributed by atoms with van der Waals surface area (Å²) in [7, 11) is 4.17. The Labute approximate surface area is 175 Å². The van der Waals surface area contributed by atoms with Gasteiger partial charge in [0.05, 0.1) is 6.04 Å². The predicted octanol–water partition coefficient (Wildman–Crippen LogP) is 4.66. The van der Waals surface area contributed by atoms with Crippen LogP contribution >= 0.6 is 0 Å². The van der Waals surface area contributed by atoms with Gasteiger partial charge in [0.15, 0.2) is 0 Å². The Balaban J connectivity index is 1.43. The maximum atomic E-state index is 2.64. The summed E-state index contributed by atoms with van der Waals surface area (Å²) < 4.78 is 0. The van der Waals surface area contributed by atoms with Crippen molar-refractivity contribution in [3.05, 3.63) is 102 Å². The summed E-state index contributed by atoms with van der Waals surface area (Å²) in [6.45, 7) is 5.41. The van der Waals surface area contributed by atoms with Crippen molar-refractivity contribution in [2.24, 2.45) is 0 Å². The molecule has 1 fully saturated rings. The summed E-state index contributed by atoms with van der Waals surface area (Å²) in [5.41, 5.74) is 5.41. The molecule has 0 aliphatic carbocycles. The number of anilines is 1. The summed E-state index contributed by atoms with van der Waals surface area (Å²) >= 11 is 0. The molecule has 1 aliphatic heterocycles. The third kappa shape index (κ3) is 4.87. The molecular formula is C26H31N3. The van der Waals surface area contributed by atoms with Crippen molar-refractivity contribution >= 4 is 5.69 Å². The van der Waals surface area contributed by atoms with Crippen LogP contribution in [0.1, 0.15) is 22.7 Å². The zero-order valence-electron chi connectivity index (χ0n) is 17.5. The van der Waals surface area contributed by atoms with Gasteiger partial charge < -0.3 is 4.90 Å². The number of hydrogen-bond donors (Lipinski definition) is 0. The van der Waals surface area contributed by atoms with Crippen LogP contribution in [0.2, 0.25) is 0 Å².